The number of halogens is 2. The number of carboxylic acid groups (broad SMARTS) is 1. The summed E-state index contributed by atoms with van der Waals surface area (Å²) in [6.45, 7) is 6.37. The fraction of sp³-hybridized carbons (Fsp3) is 0.368. The molecular weight excluding hydrogens is 419 g/mol. The van der Waals surface area contributed by atoms with E-state index in [9.17, 15) is 14.7 Å². The van der Waals surface area contributed by atoms with Crippen molar-refractivity contribution in [1.29, 1.82) is 0 Å². The molecule has 0 aliphatic carbocycles. The highest BCUT2D eigenvalue weighted by atomic mass is 35.5. The van der Waals surface area contributed by atoms with E-state index in [-0.39, 0.29) is 11.5 Å². The van der Waals surface area contributed by atoms with E-state index in [4.69, 9.17) is 27.9 Å². The van der Waals surface area contributed by atoms with Gasteiger partial charge in [-0.25, -0.2) is 9.59 Å². The summed E-state index contributed by atoms with van der Waals surface area (Å²) in [6, 6.07) is 6.52. The summed E-state index contributed by atoms with van der Waals surface area (Å²) in [6.07, 6.45) is -0.573. The number of carbonyl (C=O) groups excluding carboxylic acids is 1. The van der Waals surface area contributed by atoms with E-state index in [1.54, 1.807) is 39.0 Å². The van der Waals surface area contributed by atoms with E-state index in [0.29, 0.717) is 35.4 Å². The summed E-state index contributed by atoms with van der Waals surface area (Å²) in [5, 5.41) is 18.1. The molecule has 2 heterocycles. The summed E-state index contributed by atoms with van der Waals surface area (Å²) in [5.74, 6) is -0.982. The van der Waals surface area contributed by atoms with Crippen molar-refractivity contribution in [2.45, 2.75) is 32.9 Å². The molecule has 2 aromatic rings. The summed E-state index contributed by atoms with van der Waals surface area (Å²) < 4.78 is 5.45. The average Bonchev–Trinajstić information content (AvgIpc) is 2.63. The van der Waals surface area contributed by atoms with Gasteiger partial charge < -0.3 is 14.7 Å². The predicted molar refractivity (Wildman–Crippen MR) is 110 cm³/mol. The van der Waals surface area contributed by atoms with Crippen LogP contribution in [-0.4, -0.2) is 46.1 Å². The van der Waals surface area contributed by atoms with Crippen LogP contribution < -0.4 is 9.80 Å². The second-order valence-corrected chi connectivity index (χ2v) is 8.38. The van der Waals surface area contributed by atoms with Crippen LogP contribution in [-0.2, 0) is 11.3 Å². The molecule has 0 unspecified atom stereocenters. The van der Waals surface area contributed by atoms with E-state index in [2.05, 4.69) is 10.2 Å². The number of ether oxygens (including phenoxy) is 1. The van der Waals surface area contributed by atoms with Crippen molar-refractivity contribution in [3.8, 4) is 0 Å². The van der Waals surface area contributed by atoms with Gasteiger partial charge in [-0.2, -0.15) is 0 Å². The molecule has 1 aromatic carbocycles. The van der Waals surface area contributed by atoms with Gasteiger partial charge in [0.05, 0.1) is 5.69 Å². The topological polar surface area (TPSA) is 95.9 Å². The first-order chi connectivity index (χ1) is 13.5. The van der Waals surface area contributed by atoms with Crippen LogP contribution in [0.1, 0.15) is 36.8 Å². The maximum absolute atomic E-state index is 12.6. The number of hydrogen-bond donors (Lipinski definition) is 1. The van der Waals surface area contributed by atoms with Gasteiger partial charge >= 0.3 is 12.1 Å². The Morgan fingerprint density at radius 2 is 1.90 bits per heavy atom. The van der Waals surface area contributed by atoms with Gasteiger partial charge in [0, 0.05) is 35.7 Å². The molecule has 0 radical (unpaired) electrons. The molecule has 3 rings (SSSR count). The van der Waals surface area contributed by atoms with E-state index in [0.717, 1.165) is 5.56 Å². The number of anilines is 2. The Balaban J connectivity index is 1.99. The Bertz CT molecular complexity index is 962. The lowest BCUT2D eigenvalue weighted by Crippen LogP contribution is -2.46. The van der Waals surface area contributed by atoms with Gasteiger partial charge in [0.25, 0.3) is 0 Å². The maximum atomic E-state index is 12.6. The largest absolute Gasteiger partial charge is 0.476 e. The Morgan fingerprint density at radius 1 is 1.17 bits per heavy atom. The number of aromatic carboxylic acids is 1. The number of amides is 1. The summed E-state index contributed by atoms with van der Waals surface area (Å²) >= 11 is 12.4. The van der Waals surface area contributed by atoms with Gasteiger partial charge in [-0.15, -0.1) is 10.2 Å². The van der Waals surface area contributed by atoms with Crippen molar-refractivity contribution >= 4 is 46.8 Å². The van der Waals surface area contributed by atoms with Crippen molar-refractivity contribution in [3.63, 3.8) is 0 Å². The van der Waals surface area contributed by atoms with E-state index < -0.39 is 17.7 Å². The fourth-order valence-corrected chi connectivity index (χ4v) is 3.25. The lowest BCUT2D eigenvalue weighted by Gasteiger charge is -2.37. The minimum absolute atomic E-state index is 0.225. The zero-order valence-electron chi connectivity index (χ0n) is 16.1. The van der Waals surface area contributed by atoms with Crippen LogP contribution in [0.2, 0.25) is 10.0 Å². The number of benzene rings is 1. The van der Waals surface area contributed by atoms with Gasteiger partial charge in [0.1, 0.15) is 5.60 Å². The molecule has 1 aliphatic heterocycles. The first-order valence-electron chi connectivity index (χ1n) is 8.85. The number of carboxylic acids is 1. The molecule has 0 fully saturated rings. The second kappa shape index (κ2) is 8.04. The molecule has 1 aliphatic rings. The second-order valence-electron chi connectivity index (χ2n) is 7.53. The molecule has 0 atom stereocenters. The van der Waals surface area contributed by atoms with Crippen molar-refractivity contribution in [3.05, 3.63) is 45.6 Å². The number of hydrogen-bond acceptors (Lipinski definition) is 6. The average molecular weight is 439 g/mol. The molecule has 0 saturated carbocycles. The van der Waals surface area contributed by atoms with Crippen LogP contribution in [0, 0.1) is 0 Å². The molecule has 10 heteroatoms. The van der Waals surface area contributed by atoms with Crippen LogP contribution in [0.15, 0.2) is 24.3 Å². The van der Waals surface area contributed by atoms with Gasteiger partial charge in [-0.3, -0.25) is 4.90 Å². The SMILES string of the molecule is CC(C)(C)OC(=O)N1CCN(Cc2cc(Cl)ccc2Cl)c2cc(C(=O)O)nnc21. The van der Waals surface area contributed by atoms with E-state index >= 15 is 0 Å². The Hall–Kier alpha value is -2.58. The van der Waals surface area contributed by atoms with Gasteiger partial charge in [0.2, 0.25) is 0 Å². The number of rotatable bonds is 3. The van der Waals surface area contributed by atoms with Crippen LogP contribution in [0.5, 0.6) is 0 Å². The highest BCUT2D eigenvalue weighted by molar-refractivity contribution is 6.33. The third kappa shape index (κ3) is 4.89. The maximum Gasteiger partial charge on any atom is 0.416 e. The molecular formula is C19H20Cl2N4O4. The van der Waals surface area contributed by atoms with Crippen LogP contribution in [0.4, 0.5) is 16.3 Å². The number of fused-ring (bicyclic) bond motifs is 1. The zero-order valence-corrected chi connectivity index (χ0v) is 17.7. The molecule has 1 amide bonds. The van der Waals surface area contributed by atoms with E-state index in [1.165, 1.54) is 11.0 Å². The van der Waals surface area contributed by atoms with Crippen LogP contribution in [0.25, 0.3) is 0 Å². The minimum atomic E-state index is -1.21. The first kappa shape index (κ1) is 21.1. The smallest absolute Gasteiger partial charge is 0.416 e. The van der Waals surface area contributed by atoms with Gasteiger partial charge in [-0.05, 0) is 44.5 Å². The van der Waals surface area contributed by atoms with Crippen molar-refractivity contribution in [1.82, 2.24) is 10.2 Å². The van der Waals surface area contributed by atoms with E-state index in [1.807, 2.05) is 4.90 Å². The summed E-state index contributed by atoms with van der Waals surface area (Å²) in [5.41, 5.74) is 0.309. The monoisotopic (exact) mass is 438 g/mol. The fourth-order valence-electron chi connectivity index (χ4n) is 2.88. The molecule has 0 saturated heterocycles. The third-order valence-electron chi connectivity index (χ3n) is 4.15. The number of nitrogens with zero attached hydrogens (tertiary/aromatic N) is 4. The molecule has 8 nitrogen and oxygen atoms in total. The van der Waals surface area contributed by atoms with Crippen molar-refractivity contribution < 1.29 is 19.4 Å². The quantitative estimate of drug-likeness (QED) is 0.764. The van der Waals surface area contributed by atoms with Gasteiger partial charge in [-0.1, -0.05) is 23.2 Å². The van der Waals surface area contributed by atoms with Crippen LogP contribution in [0.3, 0.4) is 0 Å². The molecule has 1 N–H and O–H groups in total. The lowest BCUT2D eigenvalue weighted by molar-refractivity contribution is 0.0578. The zero-order chi connectivity index (χ0) is 21.3. The molecule has 0 spiro atoms. The molecule has 0 bridgehead atoms. The summed E-state index contributed by atoms with van der Waals surface area (Å²) in [4.78, 5) is 27.3. The van der Waals surface area contributed by atoms with Gasteiger partial charge in [0.15, 0.2) is 11.5 Å². The molecule has 29 heavy (non-hydrogen) atoms. The number of carbonyl (C=O) groups is 2. The first-order valence-corrected chi connectivity index (χ1v) is 9.61. The number of aromatic nitrogens is 2. The van der Waals surface area contributed by atoms with Crippen molar-refractivity contribution in [2.24, 2.45) is 0 Å². The van der Waals surface area contributed by atoms with Crippen molar-refractivity contribution in [2.75, 3.05) is 22.9 Å². The standard InChI is InChI=1S/C19H20Cl2N4O4/c1-19(2,3)29-18(28)25-7-6-24(10-11-8-12(20)4-5-13(11)21)15-9-14(17(26)27)22-23-16(15)25/h4-5,8-9H,6-7,10H2,1-3H3,(H,26,27). The van der Waals surface area contributed by atoms with Crippen LogP contribution >= 0.6 is 23.2 Å². The third-order valence-corrected chi connectivity index (χ3v) is 4.75. The highest BCUT2D eigenvalue weighted by Crippen LogP contribution is 2.34. The Morgan fingerprint density at radius 3 is 2.55 bits per heavy atom. The highest BCUT2D eigenvalue weighted by Gasteiger charge is 2.33. The minimum Gasteiger partial charge on any atom is -0.476 e. The summed E-state index contributed by atoms with van der Waals surface area (Å²) in [7, 11) is 0. The lowest BCUT2D eigenvalue weighted by atomic mass is 10.1. The molecule has 1 aromatic heterocycles. The normalized spacial score (nSPS) is 13.8. The Kier molecular flexibility index (Phi) is 5.86. The predicted octanol–water partition coefficient (Wildman–Crippen LogP) is 4.24. The Labute approximate surface area is 178 Å². The molecule has 154 valence electrons.